The van der Waals surface area contributed by atoms with E-state index >= 15 is 0 Å². The Labute approximate surface area is 199 Å². The van der Waals surface area contributed by atoms with E-state index in [0.29, 0.717) is 30.3 Å². The number of nitrogens with one attached hydrogen (secondary N) is 1. The number of rotatable bonds is 7. The second kappa shape index (κ2) is 10.4. The summed E-state index contributed by atoms with van der Waals surface area (Å²) in [5.74, 6) is 0.701. The van der Waals surface area contributed by atoms with Crippen molar-refractivity contribution in [1.82, 2.24) is 20.0 Å². The smallest absolute Gasteiger partial charge is 0.251 e. The monoisotopic (exact) mass is 468 g/mol. The van der Waals surface area contributed by atoms with Gasteiger partial charge in [0.1, 0.15) is 5.75 Å². The van der Waals surface area contributed by atoms with E-state index in [9.17, 15) is 4.79 Å². The lowest BCUT2D eigenvalue weighted by Crippen LogP contribution is -2.43. The molecule has 1 N–H and O–H groups in total. The van der Waals surface area contributed by atoms with Crippen LogP contribution in [0.4, 0.5) is 0 Å². The fourth-order valence-corrected chi connectivity index (χ4v) is 4.21. The van der Waals surface area contributed by atoms with Crippen LogP contribution >= 0.6 is 11.6 Å². The molecule has 7 nitrogen and oxygen atoms in total. The van der Waals surface area contributed by atoms with Crippen molar-refractivity contribution in [2.45, 2.75) is 19.9 Å². The minimum atomic E-state index is -0.111. The molecule has 1 saturated heterocycles. The normalized spacial score (nSPS) is 15.3. The van der Waals surface area contributed by atoms with Crippen LogP contribution in [0.3, 0.4) is 0 Å². The molecule has 174 valence electrons. The van der Waals surface area contributed by atoms with Crippen molar-refractivity contribution >= 4 is 17.5 Å². The van der Waals surface area contributed by atoms with Gasteiger partial charge < -0.3 is 14.8 Å². The van der Waals surface area contributed by atoms with Crippen molar-refractivity contribution in [3.8, 4) is 11.4 Å². The van der Waals surface area contributed by atoms with Gasteiger partial charge in [0.05, 0.1) is 48.5 Å². The zero-order valence-electron chi connectivity index (χ0n) is 19.2. The Morgan fingerprint density at radius 3 is 2.36 bits per heavy atom. The third-order valence-electron chi connectivity index (χ3n) is 6.02. The molecule has 2 heterocycles. The van der Waals surface area contributed by atoms with Crippen molar-refractivity contribution in [2.75, 3.05) is 40.0 Å². The number of hydrogen-bond donors (Lipinski definition) is 1. The molecule has 1 amide bonds. The van der Waals surface area contributed by atoms with Crippen LogP contribution in [0.2, 0.25) is 5.02 Å². The van der Waals surface area contributed by atoms with Crippen LogP contribution < -0.4 is 10.1 Å². The minimum absolute atomic E-state index is 0.0554. The summed E-state index contributed by atoms with van der Waals surface area (Å²) < 4.78 is 12.6. The fraction of sp³-hybridized carbons (Fsp3) is 0.360. The third-order valence-corrected chi connectivity index (χ3v) is 6.57. The number of carbonyl (C=O) groups excluding carboxylic acids is 1. The Kier molecular flexibility index (Phi) is 7.33. The van der Waals surface area contributed by atoms with E-state index in [2.05, 4.69) is 27.4 Å². The molecule has 1 fully saturated rings. The molecule has 33 heavy (non-hydrogen) atoms. The summed E-state index contributed by atoms with van der Waals surface area (Å²) in [4.78, 5) is 15.3. The van der Waals surface area contributed by atoms with Gasteiger partial charge in [-0.3, -0.25) is 9.69 Å². The molecule has 0 bridgehead atoms. The van der Waals surface area contributed by atoms with Crippen molar-refractivity contribution in [3.63, 3.8) is 0 Å². The standard InChI is InChI=1S/C25H29ClN4O3/c1-17-24(26)18(2)30(28-17)21-8-4-20(5-9-21)25(31)27-16-23(29-12-14-33-15-13-29)19-6-10-22(32-3)11-7-19/h4-11,23H,12-16H2,1-3H3,(H,27,31)/t23-/m0/s1. The highest BCUT2D eigenvalue weighted by Crippen LogP contribution is 2.25. The van der Waals surface area contributed by atoms with E-state index < -0.39 is 0 Å². The maximum Gasteiger partial charge on any atom is 0.251 e. The summed E-state index contributed by atoms with van der Waals surface area (Å²) in [6.45, 7) is 7.34. The topological polar surface area (TPSA) is 68.6 Å². The van der Waals surface area contributed by atoms with Gasteiger partial charge in [0.15, 0.2) is 0 Å². The first kappa shape index (κ1) is 23.3. The van der Waals surface area contributed by atoms with Crippen LogP contribution in [-0.2, 0) is 4.74 Å². The first-order valence-corrected chi connectivity index (χ1v) is 11.4. The molecule has 2 aromatic carbocycles. The largest absolute Gasteiger partial charge is 0.497 e. The maximum atomic E-state index is 12.9. The molecule has 1 atom stereocenters. The Morgan fingerprint density at radius 1 is 1.12 bits per heavy atom. The van der Waals surface area contributed by atoms with E-state index in [1.165, 1.54) is 0 Å². The molecule has 0 unspecified atom stereocenters. The van der Waals surface area contributed by atoms with E-state index in [-0.39, 0.29) is 11.9 Å². The van der Waals surface area contributed by atoms with Crippen LogP contribution in [0.5, 0.6) is 5.75 Å². The molecule has 0 spiro atoms. The molecule has 1 aromatic heterocycles. The summed E-state index contributed by atoms with van der Waals surface area (Å²) in [6, 6.07) is 15.5. The molecule has 1 aliphatic rings. The Morgan fingerprint density at radius 2 is 1.79 bits per heavy atom. The van der Waals surface area contributed by atoms with Crippen LogP contribution in [0.1, 0.15) is 33.4 Å². The average molecular weight is 469 g/mol. The van der Waals surface area contributed by atoms with E-state index in [1.54, 1.807) is 11.8 Å². The van der Waals surface area contributed by atoms with Gasteiger partial charge in [-0.2, -0.15) is 5.10 Å². The van der Waals surface area contributed by atoms with E-state index in [0.717, 1.165) is 41.5 Å². The molecular formula is C25H29ClN4O3. The lowest BCUT2D eigenvalue weighted by atomic mass is 10.0. The number of aromatic nitrogens is 2. The number of methoxy groups -OCH3 is 1. The van der Waals surface area contributed by atoms with Gasteiger partial charge in [0.2, 0.25) is 0 Å². The van der Waals surface area contributed by atoms with Gasteiger partial charge in [0.25, 0.3) is 5.91 Å². The van der Waals surface area contributed by atoms with Gasteiger partial charge in [-0.15, -0.1) is 0 Å². The third kappa shape index (κ3) is 5.21. The molecular weight excluding hydrogens is 440 g/mol. The van der Waals surface area contributed by atoms with Crippen molar-refractivity contribution in [1.29, 1.82) is 0 Å². The van der Waals surface area contributed by atoms with Crippen molar-refractivity contribution in [2.24, 2.45) is 0 Å². The van der Waals surface area contributed by atoms with Crippen LogP contribution in [0.15, 0.2) is 48.5 Å². The SMILES string of the molecule is COc1ccc([C@H](CNC(=O)c2ccc(-n3nc(C)c(Cl)c3C)cc2)N2CCOCC2)cc1. The number of benzene rings is 2. The van der Waals surface area contributed by atoms with E-state index in [1.807, 2.05) is 50.2 Å². The number of amides is 1. The first-order chi connectivity index (χ1) is 16.0. The van der Waals surface area contributed by atoms with Gasteiger partial charge in [-0.1, -0.05) is 23.7 Å². The highest BCUT2D eigenvalue weighted by molar-refractivity contribution is 6.31. The van der Waals surface area contributed by atoms with Gasteiger partial charge in [-0.05, 0) is 55.8 Å². The zero-order chi connectivity index (χ0) is 23.4. The molecule has 4 rings (SSSR count). The Hall–Kier alpha value is -2.87. The number of hydrogen-bond acceptors (Lipinski definition) is 5. The number of halogens is 1. The maximum absolute atomic E-state index is 12.9. The number of nitrogens with zero attached hydrogens (tertiary/aromatic N) is 3. The Balaban J connectivity index is 1.46. The second-order valence-electron chi connectivity index (χ2n) is 8.09. The molecule has 0 aliphatic carbocycles. The van der Waals surface area contributed by atoms with Crippen molar-refractivity contribution < 1.29 is 14.3 Å². The highest BCUT2D eigenvalue weighted by atomic mass is 35.5. The summed E-state index contributed by atoms with van der Waals surface area (Å²) in [5.41, 5.74) is 4.25. The average Bonchev–Trinajstić information content (AvgIpc) is 3.12. The predicted octanol–water partition coefficient (Wildman–Crippen LogP) is 3.95. The first-order valence-electron chi connectivity index (χ1n) is 11.0. The quantitative estimate of drug-likeness (QED) is 0.568. The molecule has 0 saturated carbocycles. The van der Waals surface area contributed by atoms with Crippen LogP contribution in [0, 0.1) is 13.8 Å². The second-order valence-corrected chi connectivity index (χ2v) is 8.47. The summed E-state index contributed by atoms with van der Waals surface area (Å²) >= 11 is 6.27. The van der Waals surface area contributed by atoms with Crippen LogP contribution in [-0.4, -0.2) is 60.5 Å². The zero-order valence-corrected chi connectivity index (χ0v) is 19.9. The lowest BCUT2D eigenvalue weighted by Gasteiger charge is -2.35. The predicted molar refractivity (Wildman–Crippen MR) is 129 cm³/mol. The van der Waals surface area contributed by atoms with E-state index in [4.69, 9.17) is 21.1 Å². The fourth-order valence-electron chi connectivity index (χ4n) is 4.09. The molecule has 3 aromatic rings. The number of morpholine rings is 1. The summed E-state index contributed by atoms with van der Waals surface area (Å²) in [6.07, 6.45) is 0. The van der Waals surface area contributed by atoms with Crippen molar-refractivity contribution in [3.05, 3.63) is 76.1 Å². The van der Waals surface area contributed by atoms with Gasteiger partial charge in [-0.25, -0.2) is 4.68 Å². The molecule has 0 radical (unpaired) electrons. The van der Waals surface area contributed by atoms with Gasteiger partial charge in [0, 0.05) is 25.2 Å². The number of aryl methyl sites for hydroxylation is 1. The van der Waals surface area contributed by atoms with Gasteiger partial charge >= 0.3 is 0 Å². The Bertz CT molecular complexity index is 1090. The number of carbonyl (C=O) groups is 1. The minimum Gasteiger partial charge on any atom is -0.497 e. The molecule has 1 aliphatic heterocycles. The summed E-state index contributed by atoms with van der Waals surface area (Å²) in [5, 5.41) is 8.24. The van der Waals surface area contributed by atoms with Crippen LogP contribution in [0.25, 0.3) is 5.69 Å². The summed E-state index contributed by atoms with van der Waals surface area (Å²) in [7, 11) is 1.66. The number of ether oxygens (including phenoxy) is 2. The highest BCUT2D eigenvalue weighted by Gasteiger charge is 2.23. The lowest BCUT2D eigenvalue weighted by molar-refractivity contribution is 0.0162. The molecule has 8 heteroatoms.